The third-order valence-electron chi connectivity index (χ3n) is 8.71. The topological polar surface area (TPSA) is 111 Å². The van der Waals surface area contributed by atoms with Crippen molar-refractivity contribution in [2.75, 3.05) is 47.5 Å². The number of rotatable bonds is 38. The molecule has 0 aromatic rings. The minimum Gasteiger partial charge on any atom is -0.756 e. The Morgan fingerprint density at radius 2 is 1.02 bits per heavy atom. The van der Waals surface area contributed by atoms with Gasteiger partial charge >= 0.3 is 11.9 Å². The van der Waals surface area contributed by atoms with E-state index in [0.29, 0.717) is 23.9 Å². The molecule has 0 aliphatic rings. The fourth-order valence-electron chi connectivity index (χ4n) is 5.32. The molecular weight excluding hydrogens is 725 g/mol. The van der Waals surface area contributed by atoms with Crippen LogP contribution >= 0.6 is 7.82 Å². The Bertz CT molecular complexity index is 1180. The molecule has 0 spiro atoms. The molecule has 9 nitrogen and oxygen atoms in total. The number of unbranched alkanes of at least 4 members (excludes halogenated alkanes) is 12. The number of likely N-dealkylation sites (N-methyl/N-ethyl adjacent to an activating group) is 1. The van der Waals surface area contributed by atoms with Crippen LogP contribution in [0.15, 0.2) is 72.9 Å². The molecule has 0 aliphatic carbocycles. The summed E-state index contributed by atoms with van der Waals surface area (Å²) in [7, 11) is 1.12. The average molecular weight is 806 g/mol. The van der Waals surface area contributed by atoms with Gasteiger partial charge in [-0.05, 0) is 83.5 Å². The highest BCUT2D eigenvalue weighted by molar-refractivity contribution is 7.45. The van der Waals surface area contributed by atoms with Crippen LogP contribution in [0.1, 0.15) is 155 Å². The normalized spacial score (nSPS) is 14.3. The Kier molecular flexibility index (Phi) is 36.3. The summed E-state index contributed by atoms with van der Waals surface area (Å²) in [6.07, 6.45) is 46.4. The molecule has 0 saturated heterocycles. The van der Waals surface area contributed by atoms with Gasteiger partial charge < -0.3 is 27.9 Å². The molecule has 0 aromatic heterocycles. The maximum absolute atomic E-state index is 12.7. The first-order chi connectivity index (χ1) is 27.0. The molecule has 0 saturated carbocycles. The largest absolute Gasteiger partial charge is 0.756 e. The Morgan fingerprint density at radius 3 is 1.55 bits per heavy atom. The van der Waals surface area contributed by atoms with Gasteiger partial charge in [-0.2, -0.15) is 0 Å². The lowest BCUT2D eigenvalue weighted by Crippen LogP contribution is -2.37. The Hall–Kier alpha value is -2.55. The van der Waals surface area contributed by atoms with Crippen LogP contribution < -0.4 is 4.89 Å². The van der Waals surface area contributed by atoms with Gasteiger partial charge in [0, 0.05) is 12.8 Å². The van der Waals surface area contributed by atoms with E-state index in [-0.39, 0.29) is 26.1 Å². The van der Waals surface area contributed by atoms with Crippen LogP contribution in [0.25, 0.3) is 0 Å². The molecule has 0 aromatic carbocycles. The lowest BCUT2D eigenvalue weighted by molar-refractivity contribution is -0.870. The summed E-state index contributed by atoms with van der Waals surface area (Å²) in [4.78, 5) is 37.5. The van der Waals surface area contributed by atoms with E-state index in [2.05, 4.69) is 86.8 Å². The maximum Gasteiger partial charge on any atom is 0.306 e. The Labute approximate surface area is 342 Å². The first-order valence-corrected chi connectivity index (χ1v) is 23.1. The number of phosphoric acid groups is 1. The molecule has 0 bridgehead atoms. The van der Waals surface area contributed by atoms with Crippen molar-refractivity contribution in [3.63, 3.8) is 0 Å². The second-order valence-corrected chi connectivity index (χ2v) is 16.7. The molecule has 0 radical (unpaired) electrons. The van der Waals surface area contributed by atoms with Crippen LogP contribution in [0.4, 0.5) is 0 Å². The van der Waals surface area contributed by atoms with E-state index in [0.717, 1.165) is 83.5 Å². The van der Waals surface area contributed by atoms with Gasteiger partial charge in [-0.25, -0.2) is 0 Å². The van der Waals surface area contributed by atoms with Gasteiger partial charge in [-0.3, -0.25) is 14.2 Å². The summed E-state index contributed by atoms with van der Waals surface area (Å²) in [5.41, 5.74) is 0. The Balaban J connectivity index is 4.46. The van der Waals surface area contributed by atoms with Gasteiger partial charge in [-0.15, -0.1) is 0 Å². The van der Waals surface area contributed by atoms with Gasteiger partial charge in [0.15, 0.2) is 6.10 Å². The van der Waals surface area contributed by atoms with Crippen molar-refractivity contribution in [2.45, 2.75) is 161 Å². The third-order valence-corrected chi connectivity index (χ3v) is 9.67. The first kappa shape index (κ1) is 53.5. The number of carbonyl (C=O) groups excluding carboxylic acids is 2. The SMILES string of the molecule is CC/C=C\C/C=C\C/C=C\C/C=C\C/C=C\CCCCCC(=O)OC(COC(=O)CCCCCCC/C=C\CCCCCC)COP(=O)([O-])OCC[N+](C)(C)C. The van der Waals surface area contributed by atoms with Crippen LogP contribution in [0.5, 0.6) is 0 Å². The van der Waals surface area contributed by atoms with Crippen molar-refractivity contribution < 1.29 is 42.1 Å². The number of allylic oxidation sites excluding steroid dienone is 12. The molecule has 0 fully saturated rings. The number of carbonyl (C=O) groups is 2. The standard InChI is InChI=1S/C46H80NO8P/c1-6-8-10-12-14-16-18-20-21-22-23-24-25-27-29-31-33-35-37-39-46(49)55-44(43-54-56(50,51)53-41-40-47(3,4)5)42-52-45(48)38-36-34-32-30-28-26-19-17-15-13-11-9-7-2/h8,10,14,16-17,19-21,23-24,27,29,44H,6-7,9,11-13,15,18,22,25-26,28,30-43H2,1-5H3/b10-8-,16-14-,19-17-,21-20-,24-23-,29-27-. The zero-order chi connectivity index (χ0) is 41.4. The van der Waals surface area contributed by atoms with Crippen LogP contribution in [0.2, 0.25) is 0 Å². The highest BCUT2D eigenvalue weighted by atomic mass is 31.2. The van der Waals surface area contributed by atoms with Crippen molar-refractivity contribution in [1.82, 2.24) is 0 Å². The number of nitrogens with zero attached hydrogens (tertiary/aromatic N) is 1. The van der Waals surface area contributed by atoms with E-state index in [9.17, 15) is 19.0 Å². The molecule has 0 heterocycles. The monoisotopic (exact) mass is 806 g/mol. The average Bonchev–Trinajstić information content (AvgIpc) is 3.15. The lowest BCUT2D eigenvalue weighted by atomic mass is 10.1. The van der Waals surface area contributed by atoms with Crippen LogP contribution in [-0.4, -0.2) is 70.0 Å². The van der Waals surface area contributed by atoms with Crippen LogP contribution in [0.3, 0.4) is 0 Å². The fraction of sp³-hybridized carbons (Fsp3) is 0.696. The zero-order valence-corrected chi connectivity index (χ0v) is 36.9. The lowest BCUT2D eigenvalue weighted by Gasteiger charge is -2.28. The van der Waals surface area contributed by atoms with E-state index in [4.69, 9.17) is 18.5 Å². The van der Waals surface area contributed by atoms with Crippen molar-refractivity contribution in [3.8, 4) is 0 Å². The predicted octanol–water partition coefficient (Wildman–Crippen LogP) is 11.6. The summed E-state index contributed by atoms with van der Waals surface area (Å²) in [5, 5.41) is 0. The molecule has 0 amide bonds. The molecule has 0 aliphatic heterocycles. The summed E-state index contributed by atoms with van der Waals surface area (Å²) in [5.74, 6) is -0.890. The highest BCUT2D eigenvalue weighted by Crippen LogP contribution is 2.38. The second-order valence-electron chi connectivity index (χ2n) is 15.3. The van der Waals surface area contributed by atoms with Crippen molar-refractivity contribution in [3.05, 3.63) is 72.9 Å². The van der Waals surface area contributed by atoms with Crippen LogP contribution in [-0.2, 0) is 32.7 Å². The maximum atomic E-state index is 12.7. The molecule has 10 heteroatoms. The molecule has 322 valence electrons. The number of hydrogen-bond acceptors (Lipinski definition) is 8. The van der Waals surface area contributed by atoms with Crippen LogP contribution in [0, 0.1) is 0 Å². The van der Waals surface area contributed by atoms with E-state index in [1.54, 1.807) is 0 Å². The van der Waals surface area contributed by atoms with Crippen molar-refractivity contribution in [2.24, 2.45) is 0 Å². The molecule has 0 N–H and O–H groups in total. The number of esters is 2. The van der Waals surface area contributed by atoms with Gasteiger partial charge in [-0.1, -0.05) is 132 Å². The summed E-state index contributed by atoms with van der Waals surface area (Å²) < 4.78 is 33.8. The van der Waals surface area contributed by atoms with E-state index >= 15 is 0 Å². The number of hydrogen-bond donors (Lipinski definition) is 0. The van der Waals surface area contributed by atoms with E-state index in [1.807, 2.05) is 21.1 Å². The van der Waals surface area contributed by atoms with E-state index in [1.165, 1.54) is 32.1 Å². The number of ether oxygens (including phenoxy) is 2. The summed E-state index contributed by atoms with van der Waals surface area (Å²) in [6, 6.07) is 0. The summed E-state index contributed by atoms with van der Waals surface area (Å²) in [6.45, 7) is 4.02. The Morgan fingerprint density at radius 1 is 0.571 bits per heavy atom. The molecular formula is C46H80NO8P. The second kappa shape index (κ2) is 38.0. The van der Waals surface area contributed by atoms with Crippen molar-refractivity contribution >= 4 is 19.8 Å². The quantitative estimate of drug-likeness (QED) is 0.0199. The van der Waals surface area contributed by atoms with Gasteiger partial charge in [0.2, 0.25) is 0 Å². The minimum atomic E-state index is -4.64. The number of quaternary nitrogens is 1. The third kappa shape index (κ3) is 41.1. The summed E-state index contributed by atoms with van der Waals surface area (Å²) >= 11 is 0. The first-order valence-electron chi connectivity index (χ1n) is 21.6. The fourth-order valence-corrected chi connectivity index (χ4v) is 6.05. The van der Waals surface area contributed by atoms with Gasteiger partial charge in [0.1, 0.15) is 19.8 Å². The van der Waals surface area contributed by atoms with Gasteiger partial charge in [0.25, 0.3) is 7.82 Å². The van der Waals surface area contributed by atoms with Crippen molar-refractivity contribution in [1.29, 1.82) is 0 Å². The van der Waals surface area contributed by atoms with Gasteiger partial charge in [0.05, 0.1) is 27.7 Å². The molecule has 56 heavy (non-hydrogen) atoms. The predicted molar refractivity (Wildman–Crippen MR) is 231 cm³/mol. The highest BCUT2D eigenvalue weighted by Gasteiger charge is 2.21. The molecule has 0 rings (SSSR count). The smallest absolute Gasteiger partial charge is 0.306 e. The van der Waals surface area contributed by atoms with E-state index < -0.39 is 32.5 Å². The molecule has 2 unspecified atom stereocenters. The molecule has 2 atom stereocenters. The number of phosphoric ester groups is 1. The minimum absolute atomic E-state index is 0.0425. The zero-order valence-electron chi connectivity index (χ0n) is 36.1.